The summed E-state index contributed by atoms with van der Waals surface area (Å²) < 4.78 is 9.89. The van der Waals surface area contributed by atoms with Gasteiger partial charge in [0.05, 0.1) is 25.9 Å². The number of carbonyl (C=O) groups excluding carboxylic acids is 1. The van der Waals surface area contributed by atoms with Crippen LogP contribution in [0.3, 0.4) is 0 Å². The third-order valence-corrected chi connectivity index (χ3v) is 1.83. The number of aliphatic hydroxyl groups excluding tert-OH is 3. The molecule has 0 rings (SSSR count). The van der Waals surface area contributed by atoms with Crippen LogP contribution in [0.2, 0.25) is 0 Å². The maximum Gasteiger partial charge on any atom is 0.330 e. The molecule has 0 saturated carbocycles. The molecule has 0 aromatic rings. The Hall–Kier alpha value is -0.950. The first kappa shape index (κ1) is 15.0. The summed E-state index contributed by atoms with van der Waals surface area (Å²) in [6.45, 7) is 2.45. The largest absolute Gasteiger partial charge is 0.454 e. The van der Waals surface area contributed by atoms with Crippen molar-refractivity contribution >= 4 is 5.97 Å². The SMILES string of the molecule is C=CC(=O)OC(CO)COC(CO)CCO. The average Bonchev–Trinajstić information content (AvgIpc) is 2.32. The highest BCUT2D eigenvalue weighted by Crippen LogP contribution is 2.01. The molecule has 94 valence electrons. The van der Waals surface area contributed by atoms with Crippen molar-refractivity contribution in [3.8, 4) is 0 Å². The van der Waals surface area contributed by atoms with Gasteiger partial charge in [0, 0.05) is 12.7 Å². The molecule has 0 amide bonds. The quantitative estimate of drug-likeness (QED) is 0.344. The molecule has 0 aliphatic rings. The fourth-order valence-electron chi connectivity index (χ4n) is 0.951. The zero-order valence-electron chi connectivity index (χ0n) is 9.04. The van der Waals surface area contributed by atoms with Gasteiger partial charge in [-0.3, -0.25) is 0 Å². The first-order valence-electron chi connectivity index (χ1n) is 4.95. The topological polar surface area (TPSA) is 96.2 Å². The Balaban J connectivity index is 3.92. The molecular formula is C10H18O6. The fraction of sp³-hybridized carbons (Fsp3) is 0.700. The molecule has 2 atom stereocenters. The van der Waals surface area contributed by atoms with Crippen molar-refractivity contribution in [2.24, 2.45) is 0 Å². The number of esters is 1. The number of ether oxygens (including phenoxy) is 2. The summed E-state index contributed by atoms with van der Waals surface area (Å²) in [5, 5.41) is 26.4. The van der Waals surface area contributed by atoms with Gasteiger partial charge < -0.3 is 24.8 Å². The van der Waals surface area contributed by atoms with Gasteiger partial charge in [0.1, 0.15) is 6.10 Å². The van der Waals surface area contributed by atoms with Crippen molar-refractivity contribution in [3.63, 3.8) is 0 Å². The van der Waals surface area contributed by atoms with Crippen LogP contribution >= 0.6 is 0 Å². The first-order chi connectivity index (χ1) is 7.67. The van der Waals surface area contributed by atoms with Crippen molar-refractivity contribution in [1.82, 2.24) is 0 Å². The van der Waals surface area contributed by atoms with Crippen LogP contribution < -0.4 is 0 Å². The number of rotatable bonds is 9. The van der Waals surface area contributed by atoms with Crippen molar-refractivity contribution < 1.29 is 29.6 Å². The molecule has 6 nitrogen and oxygen atoms in total. The van der Waals surface area contributed by atoms with E-state index in [-0.39, 0.29) is 32.8 Å². The summed E-state index contributed by atoms with van der Waals surface area (Å²) in [5.41, 5.74) is 0. The van der Waals surface area contributed by atoms with Gasteiger partial charge >= 0.3 is 5.97 Å². The number of carbonyl (C=O) groups is 1. The lowest BCUT2D eigenvalue weighted by Gasteiger charge is -2.19. The molecule has 0 spiro atoms. The van der Waals surface area contributed by atoms with Gasteiger partial charge in [0.15, 0.2) is 0 Å². The maximum absolute atomic E-state index is 10.8. The lowest BCUT2D eigenvalue weighted by molar-refractivity contribution is -0.151. The highest BCUT2D eigenvalue weighted by Gasteiger charge is 2.15. The molecule has 0 heterocycles. The molecule has 0 aromatic heterocycles. The van der Waals surface area contributed by atoms with E-state index in [4.69, 9.17) is 24.8 Å². The van der Waals surface area contributed by atoms with Crippen molar-refractivity contribution in [1.29, 1.82) is 0 Å². The second-order valence-corrected chi connectivity index (χ2v) is 3.10. The Morgan fingerprint density at radius 2 is 1.88 bits per heavy atom. The normalized spacial score (nSPS) is 14.2. The standard InChI is InChI=1S/C10H18O6/c1-2-10(14)16-9(6-13)7-15-8(5-12)3-4-11/h2,8-9,11-13H,1,3-7H2. The number of aliphatic hydroxyl groups is 3. The van der Waals surface area contributed by atoms with Crippen molar-refractivity contribution in [3.05, 3.63) is 12.7 Å². The molecule has 0 bridgehead atoms. The van der Waals surface area contributed by atoms with Gasteiger partial charge in [0.25, 0.3) is 0 Å². The fourth-order valence-corrected chi connectivity index (χ4v) is 0.951. The third-order valence-electron chi connectivity index (χ3n) is 1.83. The van der Waals surface area contributed by atoms with Crippen LogP contribution in [-0.2, 0) is 14.3 Å². The molecule has 0 aliphatic heterocycles. The van der Waals surface area contributed by atoms with E-state index in [2.05, 4.69) is 6.58 Å². The smallest absolute Gasteiger partial charge is 0.330 e. The van der Waals surface area contributed by atoms with Crippen molar-refractivity contribution in [2.45, 2.75) is 18.6 Å². The molecule has 0 fully saturated rings. The molecular weight excluding hydrogens is 216 g/mol. The maximum atomic E-state index is 10.8. The Morgan fingerprint density at radius 1 is 1.25 bits per heavy atom. The summed E-state index contributed by atoms with van der Waals surface area (Å²) in [6.07, 6.45) is -0.0519. The lowest BCUT2D eigenvalue weighted by Crippen LogP contribution is -2.30. The zero-order valence-corrected chi connectivity index (χ0v) is 9.04. The lowest BCUT2D eigenvalue weighted by atomic mass is 10.3. The summed E-state index contributed by atoms with van der Waals surface area (Å²) in [5.74, 6) is -0.648. The van der Waals surface area contributed by atoms with E-state index in [1.807, 2.05) is 0 Å². The Morgan fingerprint density at radius 3 is 2.31 bits per heavy atom. The van der Waals surface area contributed by atoms with Gasteiger partial charge in [-0.25, -0.2) is 4.79 Å². The van der Waals surface area contributed by atoms with Crippen LogP contribution in [0.1, 0.15) is 6.42 Å². The second kappa shape index (κ2) is 9.29. The number of hydrogen-bond acceptors (Lipinski definition) is 6. The molecule has 0 aromatic carbocycles. The first-order valence-corrected chi connectivity index (χ1v) is 4.95. The number of hydrogen-bond donors (Lipinski definition) is 3. The molecule has 16 heavy (non-hydrogen) atoms. The van der Waals surface area contributed by atoms with Gasteiger partial charge in [-0.2, -0.15) is 0 Å². The summed E-state index contributed by atoms with van der Waals surface area (Å²) in [6, 6.07) is 0. The van der Waals surface area contributed by atoms with Gasteiger partial charge in [-0.15, -0.1) is 0 Å². The highest BCUT2D eigenvalue weighted by atomic mass is 16.6. The Kier molecular flexibility index (Phi) is 8.74. The summed E-state index contributed by atoms with van der Waals surface area (Å²) in [7, 11) is 0. The van der Waals surface area contributed by atoms with Gasteiger partial charge in [-0.1, -0.05) is 6.58 Å². The van der Waals surface area contributed by atoms with Crippen LogP contribution in [0.4, 0.5) is 0 Å². The van der Waals surface area contributed by atoms with E-state index >= 15 is 0 Å². The summed E-state index contributed by atoms with van der Waals surface area (Å²) >= 11 is 0. The second-order valence-electron chi connectivity index (χ2n) is 3.10. The van der Waals surface area contributed by atoms with Crippen LogP contribution in [-0.4, -0.2) is 59.9 Å². The van der Waals surface area contributed by atoms with E-state index in [1.165, 1.54) is 0 Å². The van der Waals surface area contributed by atoms with Crippen LogP contribution in [0.15, 0.2) is 12.7 Å². The average molecular weight is 234 g/mol. The van der Waals surface area contributed by atoms with Crippen molar-refractivity contribution in [2.75, 3.05) is 26.4 Å². The van der Waals surface area contributed by atoms with Crippen LogP contribution in [0, 0.1) is 0 Å². The van der Waals surface area contributed by atoms with E-state index in [1.54, 1.807) is 0 Å². The molecule has 0 aliphatic carbocycles. The molecule has 0 saturated heterocycles. The molecule has 6 heteroatoms. The summed E-state index contributed by atoms with van der Waals surface area (Å²) in [4.78, 5) is 10.8. The molecule has 3 N–H and O–H groups in total. The van der Waals surface area contributed by atoms with E-state index < -0.39 is 18.2 Å². The monoisotopic (exact) mass is 234 g/mol. The minimum Gasteiger partial charge on any atom is -0.454 e. The molecule has 2 unspecified atom stereocenters. The van der Waals surface area contributed by atoms with Crippen LogP contribution in [0.5, 0.6) is 0 Å². The van der Waals surface area contributed by atoms with Gasteiger partial charge in [0.2, 0.25) is 0 Å². The predicted molar refractivity (Wildman–Crippen MR) is 55.7 cm³/mol. The Bertz CT molecular complexity index is 205. The minimum atomic E-state index is -0.793. The Labute approximate surface area is 94.1 Å². The zero-order chi connectivity index (χ0) is 12.4. The van der Waals surface area contributed by atoms with Crippen LogP contribution in [0.25, 0.3) is 0 Å². The highest BCUT2D eigenvalue weighted by molar-refractivity contribution is 5.81. The minimum absolute atomic E-state index is 0.0404. The van der Waals surface area contributed by atoms with E-state index in [0.29, 0.717) is 0 Å². The third kappa shape index (κ3) is 6.52. The molecule has 0 radical (unpaired) electrons. The predicted octanol–water partition coefficient (Wildman–Crippen LogP) is -1.16. The van der Waals surface area contributed by atoms with E-state index in [9.17, 15) is 4.79 Å². The van der Waals surface area contributed by atoms with E-state index in [0.717, 1.165) is 6.08 Å². The van der Waals surface area contributed by atoms with Gasteiger partial charge in [-0.05, 0) is 6.42 Å².